The van der Waals surface area contributed by atoms with E-state index in [2.05, 4.69) is 10.2 Å². The van der Waals surface area contributed by atoms with Crippen molar-refractivity contribution in [2.75, 3.05) is 26.2 Å². The summed E-state index contributed by atoms with van der Waals surface area (Å²) in [5.74, 6) is -0.314. The molecule has 2 aliphatic heterocycles. The summed E-state index contributed by atoms with van der Waals surface area (Å²) in [6, 6.07) is 5.12. The maximum Gasteiger partial charge on any atom is 0.142 e. The molecule has 1 spiro atoms. The zero-order valence-electron chi connectivity index (χ0n) is 10.8. The van der Waals surface area contributed by atoms with E-state index < -0.39 is 0 Å². The van der Waals surface area contributed by atoms with Gasteiger partial charge in [0.1, 0.15) is 5.82 Å². The molecule has 3 rings (SSSR count). The fraction of sp³-hybridized carbons (Fsp3) is 0.571. The van der Waals surface area contributed by atoms with Crippen LogP contribution >= 0.6 is 24.0 Å². The van der Waals surface area contributed by atoms with Crippen molar-refractivity contribution < 1.29 is 4.39 Å². The third-order valence-electron chi connectivity index (χ3n) is 4.24. The third kappa shape index (κ3) is 3.22. The number of hydrogen-bond donors (Lipinski definition) is 1. The first kappa shape index (κ1) is 15.0. The molecule has 0 aliphatic carbocycles. The molecule has 2 heterocycles. The van der Waals surface area contributed by atoms with Crippen molar-refractivity contribution in [1.29, 1.82) is 0 Å². The van der Waals surface area contributed by atoms with Crippen LogP contribution in [0.3, 0.4) is 0 Å². The topological polar surface area (TPSA) is 15.3 Å². The molecule has 2 saturated heterocycles. The lowest BCUT2D eigenvalue weighted by molar-refractivity contribution is 0.268. The molecular weight excluding hydrogens is 286 g/mol. The quantitative estimate of drug-likeness (QED) is 0.903. The van der Waals surface area contributed by atoms with Gasteiger partial charge in [-0.3, -0.25) is 4.90 Å². The number of halogens is 3. The Morgan fingerprint density at radius 2 is 2.21 bits per heavy atom. The van der Waals surface area contributed by atoms with Gasteiger partial charge in [0, 0.05) is 19.6 Å². The molecule has 106 valence electrons. The highest BCUT2D eigenvalue weighted by atomic mass is 35.5. The van der Waals surface area contributed by atoms with Gasteiger partial charge in [0.25, 0.3) is 0 Å². The second-order valence-electron chi connectivity index (χ2n) is 5.64. The van der Waals surface area contributed by atoms with Gasteiger partial charge in [-0.05, 0) is 49.0 Å². The Labute approximate surface area is 124 Å². The van der Waals surface area contributed by atoms with E-state index in [1.807, 2.05) is 6.07 Å². The van der Waals surface area contributed by atoms with Crippen LogP contribution in [0.5, 0.6) is 0 Å². The van der Waals surface area contributed by atoms with Crippen LogP contribution in [0.2, 0.25) is 5.02 Å². The van der Waals surface area contributed by atoms with Crippen LogP contribution < -0.4 is 5.32 Å². The lowest BCUT2D eigenvalue weighted by Gasteiger charge is -2.22. The normalized spacial score (nSPS) is 26.8. The lowest BCUT2D eigenvalue weighted by atomic mass is 9.86. The molecule has 0 aromatic heterocycles. The Balaban J connectivity index is 0.00000133. The largest absolute Gasteiger partial charge is 0.316 e. The van der Waals surface area contributed by atoms with Gasteiger partial charge in [-0.15, -0.1) is 12.4 Å². The highest BCUT2D eigenvalue weighted by molar-refractivity contribution is 6.30. The number of nitrogens with zero attached hydrogens (tertiary/aromatic N) is 1. The predicted octanol–water partition coefficient (Wildman–Crippen LogP) is 3.09. The first-order chi connectivity index (χ1) is 8.67. The Morgan fingerprint density at radius 1 is 1.37 bits per heavy atom. The molecule has 1 atom stereocenters. The van der Waals surface area contributed by atoms with E-state index in [0.29, 0.717) is 5.41 Å². The molecule has 19 heavy (non-hydrogen) atoms. The van der Waals surface area contributed by atoms with Crippen LogP contribution in [-0.4, -0.2) is 31.1 Å². The smallest absolute Gasteiger partial charge is 0.142 e. The van der Waals surface area contributed by atoms with Crippen LogP contribution in [0.15, 0.2) is 18.2 Å². The molecule has 2 aliphatic rings. The van der Waals surface area contributed by atoms with E-state index in [1.54, 1.807) is 12.1 Å². The molecule has 1 N–H and O–H groups in total. The van der Waals surface area contributed by atoms with Gasteiger partial charge < -0.3 is 5.32 Å². The van der Waals surface area contributed by atoms with Crippen LogP contribution in [-0.2, 0) is 6.54 Å². The Hall–Kier alpha value is -0.350. The summed E-state index contributed by atoms with van der Waals surface area (Å²) in [7, 11) is 0. The Kier molecular flexibility index (Phi) is 4.72. The van der Waals surface area contributed by atoms with Gasteiger partial charge in [-0.25, -0.2) is 4.39 Å². The number of likely N-dealkylation sites (tertiary alicyclic amines) is 1. The standard InChI is InChI=1S/C14H18ClFN2.ClH/c15-12-2-1-11(7-13(12)16)8-18-6-4-14(10-18)3-5-17-9-14;/h1-2,7,17H,3-6,8-10H2;1H. The minimum Gasteiger partial charge on any atom is -0.316 e. The molecule has 0 amide bonds. The minimum atomic E-state index is -0.314. The molecule has 0 radical (unpaired) electrons. The summed E-state index contributed by atoms with van der Waals surface area (Å²) in [6.07, 6.45) is 2.54. The van der Waals surface area contributed by atoms with Crippen molar-refractivity contribution in [1.82, 2.24) is 10.2 Å². The monoisotopic (exact) mass is 304 g/mol. The fourth-order valence-corrected chi connectivity index (χ4v) is 3.32. The summed E-state index contributed by atoms with van der Waals surface area (Å²) in [5, 5.41) is 3.66. The van der Waals surface area contributed by atoms with Gasteiger partial charge in [-0.2, -0.15) is 0 Å². The molecule has 5 heteroatoms. The van der Waals surface area contributed by atoms with Crippen molar-refractivity contribution in [2.24, 2.45) is 5.41 Å². The van der Waals surface area contributed by atoms with Crippen molar-refractivity contribution in [3.05, 3.63) is 34.6 Å². The van der Waals surface area contributed by atoms with Crippen LogP contribution in [0.4, 0.5) is 4.39 Å². The third-order valence-corrected chi connectivity index (χ3v) is 4.55. The summed E-state index contributed by atoms with van der Waals surface area (Å²) >= 11 is 5.70. The molecule has 1 unspecified atom stereocenters. The fourth-order valence-electron chi connectivity index (χ4n) is 3.20. The van der Waals surface area contributed by atoms with E-state index >= 15 is 0 Å². The summed E-state index contributed by atoms with van der Waals surface area (Å²) in [4.78, 5) is 2.43. The molecule has 0 saturated carbocycles. The first-order valence-electron chi connectivity index (χ1n) is 6.54. The summed E-state index contributed by atoms with van der Waals surface area (Å²) < 4.78 is 13.4. The SMILES string of the molecule is Cl.Fc1cc(CN2CCC3(CCNC3)C2)ccc1Cl. The molecule has 1 aromatic carbocycles. The van der Waals surface area contributed by atoms with Gasteiger partial charge >= 0.3 is 0 Å². The van der Waals surface area contributed by atoms with Crippen LogP contribution in [0, 0.1) is 11.2 Å². The second kappa shape index (κ2) is 5.96. The first-order valence-corrected chi connectivity index (χ1v) is 6.92. The summed E-state index contributed by atoms with van der Waals surface area (Å²) in [6.45, 7) is 5.36. The number of nitrogens with one attached hydrogen (secondary N) is 1. The lowest BCUT2D eigenvalue weighted by Crippen LogP contribution is -2.28. The highest BCUT2D eigenvalue weighted by Gasteiger charge is 2.39. The molecule has 2 fully saturated rings. The van der Waals surface area contributed by atoms with Crippen LogP contribution in [0.1, 0.15) is 18.4 Å². The summed E-state index contributed by atoms with van der Waals surface area (Å²) in [5.41, 5.74) is 1.49. The molecular formula is C14H19Cl2FN2. The van der Waals surface area contributed by atoms with Gasteiger partial charge in [0.2, 0.25) is 0 Å². The second-order valence-corrected chi connectivity index (χ2v) is 6.04. The number of hydrogen-bond acceptors (Lipinski definition) is 2. The van der Waals surface area contributed by atoms with E-state index in [9.17, 15) is 4.39 Å². The maximum atomic E-state index is 13.4. The Morgan fingerprint density at radius 3 is 2.89 bits per heavy atom. The molecule has 1 aromatic rings. The zero-order valence-corrected chi connectivity index (χ0v) is 12.4. The van der Waals surface area contributed by atoms with Gasteiger partial charge in [0.05, 0.1) is 5.02 Å². The van der Waals surface area contributed by atoms with Crippen molar-refractivity contribution in [2.45, 2.75) is 19.4 Å². The minimum absolute atomic E-state index is 0. The van der Waals surface area contributed by atoms with Crippen molar-refractivity contribution in [3.63, 3.8) is 0 Å². The predicted molar refractivity (Wildman–Crippen MR) is 78.5 cm³/mol. The van der Waals surface area contributed by atoms with E-state index in [0.717, 1.165) is 38.3 Å². The highest BCUT2D eigenvalue weighted by Crippen LogP contribution is 2.36. The van der Waals surface area contributed by atoms with Gasteiger partial charge in [-0.1, -0.05) is 17.7 Å². The van der Waals surface area contributed by atoms with Crippen molar-refractivity contribution in [3.8, 4) is 0 Å². The molecule has 2 nitrogen and oxygen atoms in total. The van der Waals surface area contributed by atoms with E-state index in [1.165, 1.54) is 12.8 Å². The van der Waals surface area contributed by atoms with E-state index in [-0.39, 0.29) is 23.2 Å². The number of rotatable bonds is 2. The van der Waals surface area contributed by atoms with Gasteiger partial charge in [0.15, 0.2) is 0 Å². The van der Waals surface area contributed by atoms with Crippen molar-refractivity contribution >= 4 is 24.0 Å². The zero-order chi connectivity index (χ0) is 12.6. The Bertz CT molecular complexity index is 447. The van der Waals surface area contributed by atoms with E-state index in [4.69, 9.17) is 11.6 Å². The molecule has 0 bridgehead atoms. The number of benzene rings is 1. The van der Waals surface area contributed by atoms with Crippen LogP contribution in [0.25, 0.3) is 0 Å². The maximum absolute atomic E-state index is 13.4. The average molecular weight is 305 g/mol. The average Bonchev–Trinajstić information content (AvgIpc) is 2.96.